The molecule has 0 aromatic carbocycles. The van der Waals surface area contributed by atoms with Gasteiger partial charge in [0.15, 0.2) is 0 Å². The topological polar surface area (TPSA) is 136 Å². The van der Waals surface area contributed by atoms with Gasteiger partial charge in [0.25, 0.3) is 0 Å². The van der Waals surface area contributed by atoms with Crippen molar-refractivity contribution < 1.29 is 22.6 Å². The van der Waals surface area contributed by atoms with Crippen molar-refractivity contribution in [1.29, 1.82) is 0 Å². The van der Waals surface area contributed by atoms with Crippen molar-refractivity contribution in [3.63, 3.8) is 0 Å². The Morgan fingerprint density at radius 2 is 1.50 bits per heavy atom. The van der Waals surface area contributed by atoms with Crippen LogP contribution in [0.5, 0.6) is 0 Å². The van der Waals surface area contributed by atoms with Gasteiger partial charge in [-0.2, -0.15) is 8.42 Å². The third kappa shape index (κ3) is 17.2. The summed E-state index contributed by atoms with van der Waals surface area (Å²) in [5, 5.41) is 7.06. The monoisotopic (exact) mass is 146 g/mol. The van der Waals surface area contributed by atoms with Crippen molar-refractivity contribution in [1.82, 2.24) is 0 Å². The summed E-state index contributed by atoms with van der Waals surface area (Å²) in [6, 6.07) is 0. The zero-order valence-corrected chi connectivity index (χ0v) is 4.50. The fraction of sp³-hybridized carbons (Fsp3) is 0. The maximum Gasteiger partial charge on any atom is 0.423 e. The van der Waals surface area contributed by atoms with Crippen molar-refractivity contribution in [3.8, 4) is 0 Å². The van der Waals surface area contributed by atoms with E-state index in [1.165, 1.54) is 0 Å². The van der Waals surface area contributed by atoms with E-state index in [2.05, 4.69) is 16.0 Å². The zero-order valence-electron chi connectivity index (χ0n) is 3.68. The molecule has 0 amide bonds. The summed E-state index contributed by atoms with van der Waals surface area (Å²) >= 11 is 0. The van der Waals surface area contributed by atoms with Gasteiger partial charge >= 0.3 is 10.4 Å². The van der Waals surface area contributed by atoms with Crippen molar-refractivity contribution in [2.75, 3.05) is 0 Å². The van der Waals surface area contributed by atoms with Gasteiger partial charge < -0.3 is 0 Å². The summed E-state index contributed by atoms with van der Waals surface area (Å²) in [5.74, 6) is 8.00. The van der Waals surface area contributed by atoms with E-state index < -0.39 is 10.4 Å². The second-order valence-corrected chi connectivity index (χ2v) is 1.51. The molecule has 0 atom stereocenters. The number of hydrogen-bond donors (Lipinski definition) is 4. The molecule has 0 aromatic heterocycles. The second-order valence-electron chi connectivity index (χ2n) is 0.502. The lowest BCUT2D eigenvalue weighted by Crippen LogP contribution is -2.02. The van der Waals surface area contributed by atoms with Crippen LogP contribution < -0.4 is 11.7 Å². The number of nitrogens with two attached hydrogens (primary N) is 2. The minimum Gasteiger partial charge on any atom is -0.274 e. The smallest absolute Gasteiger partial charge is 0.274 e. The Balaban J connectivity index is 0. The zero-order chi connectivity index (χ0) is 7.21. The van der Waals surface area contributed by atoms with E-state index in [1.807, 2.05) is 0 Å². The van der Waals surface area contributed by atoms with Crippen LogP contribution in [-0.4, -0.2) is 18.2 Å². The fourth-order valence-corrected chi connectivity index (χ4v) is 0. The van der Waals surface area contributed by atoms with Crippen LogP contribution in [0.2, 0.25) is 0 Å². The molecule has 0 saturated carbocycles. The first kappa shape index (κ1) is 10.7. The molecule has 0 saturated heterocycles. The van der Waals surface area contributed by atoms with Gasteiger partial charge in [0, 0.05) is 0 Å². The van der Waals surface area contributed by atoms with Gasteiger partial charge in [-0.25, -0.2) is 5.26 Å². The fourth-order valence-electron chi connectivity index (χ4n) is 0. The first-order chi connectivity index (χ1) is 3.56. The van der Waals surface area contributed by atoms with Crippen molar-refractivity contribution in [3.05, 3.63) is 0 Å². The predicted octanol–water partition coefficient (Wildman–Crippen LogP) is -1.90. The Labute approximate surface area is 45.7 Å². The van der Waals surface area contributed by atoms with Crippen LogP contribution >= 0.6 is 0 Å². The molecule has 52 valence electrons. The summed E-state index contributed by atoms with van der Waals surface area (Å²) < 4.78 is 28.0. The van der Waals surface area contributed by atoms with E-state index in [9.17, 15) is 0 Å². The normalized spacial score (nSPS) is 9.50. The van der Waals surface area contributed by atoms with Gasteiger partial charge in [-0.05, 0) is 0 Å². The molecule has 0 fully saturated rings. The van der Waals surface area contributed by atoms with Crippen molar-refractivity contribution in [2.24, 2.45) is 11.7 Å². The van der Waals surface area contributed by atoms with Gasteiger partial charge in [-0.1, -0.05) is 4.33 Å². The largest absolute Gasteiger partial charge is 0.423 e. The molecule has 0 aromatic rings. The summed E-state index contributed by atoms with van der Waals surface area (Å²) in [5.41, 5.74) is 0. The van der Waals surface area contributed by atoms with Crippen LogP contribution in [0, 0.1) is 0 Å². The summed E-state index contributed by atoms with van der Waals surface area (Å²) in [6.07, 6.45) is 0. The Bertz CT molecular complexity index is 112. The highest BCUT2D eigenvalue weighted by Crippen LogP contribution is 1.74. The van der Waals surface area contributed by atoms with E-state index in [-0.39, 0.29) is 0 Å². The molecule has 8 heteroatoms. The van der Waals surface area contributed by atoms with Crippen LogP contribution in [-0.2, 0) is 14.7 Å². The summed E-state index contributed by atoms with van der Waals surface area (Å²) in [7, 11) is -4.61. The molecule has 0 rings (SSSR count). The van der Waals surface area contributed by atoms with Crippen LogP contribution in [0.4, 0.5) is 0 Å². The number of rotatable bonds is 1. The highest BCUT2D eigenvalue weighted by Gasteiger charge is 1.97. The molecule has 0 radical (unpaired) electrons. The Morgan fingerprint density at radius 1 is 1.38 bits per heavy atom. The van der Waals surface area contributed by atoms with E-state index in [0.29, 0.717) is 0 Å². The maximum absolute atomic E-state index is 9.08. The third-order valence-corrected chi connectivity index (χ3v) is 0.283. The second kappa shape index (κ2) is 4.90. The maximum atomic E-state index is 9.08. The van der Waals surface area contributed by atoms with Gasteiger partial charge in [0.2, 0.25) is 0 Å². The summed E-state index contributed by atoms with van der Waals surface area (Å²) in [6.45, 7) is 0. The lowest BCUT2D eigenvalue weighted by Gasteiger charge is -1.79. The Hall–Kier alpha value is -0.250. The molecule has 6 N–H and O–H groups in total. The SMILES string of the molecule is NN.O=S(=O)(O)OO. The molecule has 0 spiro atoms. The third-order valence-electron chi connectivity index (χ3n) is 0.0942. The van der Waals surface area contributed by atoms with Gasteiger partial charge in [0.1, 0.15) is 0 Å². The lowest BCUT2D eigenvalue weighted by molar-refractivity contribution is -0.139. The van der Waals surface area contributed by atoms with Gasteiger partial charge in [-0.3, -0.25) is 16.2 Å². The summed E-state index contributed by atoms with van der Waals surface area (Å²) in [4.78, 5) is 0. The highest BCUT2D eigenvalue weighted by molar-refractivity contribution is 7.80. The van der Waals surface area contributed by atoms with E-state index in [0.717, 1.165) is 0 Å². The molecule has 0 aliphatic rings. The highest BCUT2D eigenvalue weighted by atomic mass is 32.3. The van der Waals surface area contributed by atoms with Gasteiger partial charge in [0.05, 0.1) is 0 Å². The van der Waals surface area contributed by atoms with E-state index in [4.69, 9.17) is 18.2 Å². The molecule has 0 aliphatic heterocycles. The van der Waals surface area contributed by atoms with Crippen molar-refractivity contribution in [2.45, 2.75) is 0 Å². The molecular weight excluding hydrogens is 140 g/mol. The lowest BCUT2D eigenvalue weighted by atomic mass is 13.0. The predicted molar refractivity (Wildman–Crippen MR) is 23.6 cm³/mol. The van der Waals surface area contributed by atoms with Crippen molar-refractivity contribution >= 4 is 10.4 Å². The number of hydrogen-bond acceptors (Lipinski definition) is 6. The van der Waals surface area contributed by atoms with E-state index in [1.54, 1.807) is 0 Å². The molecule has 0 heterocycles. The molecule has 8 heavy (non-hydrogen) atoms. The van der Waals surface area contributed by atoms with Crippen LogP contribution in [0.1, 0.15) is 0 Å². The number of hydrazine groups is 1. The minimum atomic E-state index is -4.61. The molecular formula is H6N2O5S. The van der Waals surface area contributed by atoms with E-state index >= 15 is 0 Å². The minimum absolute atomic E-state index is 2.47. The molecule has 0 unspecified atom stereocenters. The van der Waals surface area contributed by atoms with Gasteiger partial charge in [-0.15, -0.1) is 0 Å². The Kier molecular flexibility index (Phi) is 6.54. The standard InChI is InChI=1S/H4N2.H2O5S/c1-2;1-5-6(2,3)4/h1-2H2;1H,(H,2,3,4). The quantitative estimate of drug-likeness (QED) is 0.147. The van der Waals surface area contributed by atoms with Crippen LogP contribution in [0.15, 0.2) is 0 Å². The first-order valence-electron chi connectivity index (χ1n) is 1.20. The first-order valence-corrected chi connectivity index (χ1v) is 2.56. The molecule has 0 aliphatic carbocycles. The molecule has 7 nitrogen and oxygen atoms in total. The molecule has 0 bridgehead atoms. The van der Waals surface area contributed by atoms with Crippen LogP contribution in [0.25, 0.3) is 0 Å². The average Bonchev–Trinajstić information content (AvgIpc) is 1.71. The average molecular weight is 146 g/mol. The Morgan fingerprint density at radius 3 is 1.50 bits per heavy atom. The van der Waals surface area contributed by atoms with Crippen LogP contribution in [0.3, 0.4) is 0 Å².